The number of hydrogen-bond donors (Lipinski definition) is 1. The van der Waals surface area contributed by atoms with Crippen molar-refractivity contribution in [2.75, 3.05) is 33.3 Å². The highest BCUT2D eigenvalue weighted by molar-refractivity contribution is 5.92. The van der Waals surface area contributed by atoms with Crippen LogP contribution in [-0.4, -0.2) is 50.2 Å². The third-order valence-electron chi connectivity index (χ3n) is 1.98. The number of terminal acetylenes is 1. The molecule has 4 heteroatoms. The van der Waals surface area contributed by atoms with E-state index in [2.05, 4.69) is 11.2 Å². The van der Waals surface area contributed by atoms with Crippen LogP contribution in [0.5, 0.6) is 0 Å². The van der Waals surface area contributed by atoms with Crippen molar-refractivity contribution in [2.45, 2.75) is 6.10 Å². The summed E-state index contributed by atoms with van der Waals surface area (Å²) >= 11 is 0. The van der Waals surface area contributed by atoms with E-state index >= 15 is 0 Å². The molecule has 4 nitrogen and oxygen atoms in total. The molecule has 1 amide bonds. The summed E-state index contributed by atoms with van der Waals surface area (Å²) in [5, 5.41) is 3.00. The number of ether oxygens (including phenoxy) is 1. The number of likely N-dealkylation sites (N-methyl/N-ethyl adjacent to an activating group) is 1. The Kier molecular flexibility index (Phi) is 3.74. The van der Waals surface area contributed by atoms with Crippen LogP contribution in [0.25, 0.3) is 0 Å². The van der Waals surface area contributed by atoms with Crippen LogP contribution >= 0.6 is 0 Å². The molecular weight excluding hydrogens is 168 g/mol. The summed E-state index contributed by atoms with van der Waals surface area (Å²) in [6.07, 6.45) is 5.09. The summed E-state index contributed by atoms with van der Waals surface area (Å²) in [5.41, 5.74) is 0. The largest absolute Gasteiger partial charge is 0.373 e. The predicted octanol–water partition coefficient (Wildman–Crippen LogP) is -0.934. The van der Waals surface area contributed by atoms with Crippen LogP contribution in [0.15, 0.2) is 0 Å². The molecule has 0 saturated carbocycles. The third-order valence-corrected chi connectivity index (χ3v) is 1.98. The summed E-state index contributed by atoms with van der Waals surface area (Å²) in [4.78, 5) is 12.8. The predicted molar refractivity (Wildman–Crippen MR) is 49.1 cm³/mol. The van der Waals surface area contributed by atoms with Crippen LogP contribution in [0, 0.1) is 12.3 Å². The lowest BCUT2D eigenvalue weighted by Crippen LogP contribution is -2.48. The molecule has 0 aliphatic carbocycles. The first-order valence-corrected chi connectivity index (χ1v) is 4.29. The van der Waals surface area contributed by atoms with Crippen LogP contribution in [0.2, 0.25) is 0 Å². The van der Waals surface area contributed by atoms with Gasteiger partial charge in [-0.25, -0.2) is 0 Å². The van der Waals surface area contributed by atoms with Gasteiger partial charge in [-0.15, -0.1) is 6.42 Å². The number of nitrogens with one attached hydrogen (secondary N) is 1. The van der Waals surface area contributed by atoms with Crippen molar-refractivity contribution in [3.8, 4) is 12.3 Å². The number of amides is 1. The van der Waals surface area contributed by atoms with Crippen molar-refractivity contribution in [3.05, 3.63) is 0 Å². The van der Waals surface area contributed by atoms with Crippen molar-refractivity contribution < 1.29 is 9.53 Å². The molecule has 1 saturated heterocycles. The molecule has 0 aromatic rings. The molecule has 1 fully saturated rings. The van der Waals surface area contributed by atoms with E-state index in [0.29, 0.717) is 19.7 Å². The second kappa shape index (κ2) is 4.85. The Balaban J connectivity index is 2.42. The Hall–Kier alpha value is -1.05. The van der Waals surface area contributed by atoms with E-state index in [1.54, 1.807) is 4.90 Å². The number of rotatable bonds is 2. The van der Waals surface area contributed by atoms with Gasteiger partial charge in [0.05, 0.1) is 12.7 Å². The SMILES string of the molecule is C#CC(=O)N1CCOC(CNC)C1. The van der Waals surface area contributed by atoms with Gasteiger partial charge >= 0.3 is 0 Å². The fourth-order valence-corrected chi connectivity index (χ4v) is 1.35. The van der Waals surface area contributed by atoms with E-state index in [-0.39, 0.29) is 12.0 Å². The average molecular weight is 182 g/mol. The molecule has 1 atom stereocenters. The highest BCUT2D eigenvalue weighted by Crippen LogP contribution is 2.03. The molecular formula is C9H14N2O2. The minimum atomic E-state index is -0.246. The fourth-order valence-electron chi connectivity index (χ4n) is 1.35. The zero-order chi connectivity index (χ0) is 9.68. The van der Waals surface area contributed by atoms with Gasteiger partial charge in [0.15, 0.2) is 0 Å². The van der Waals surface area contributed by atoms with Crippen molar-refractivity contribution >= 4 is 5.91 Å². The van der Waals surface area contributed by atoms with Gasteiger partial charge in [-0.05, 0) is 13.0 Å². The maximum atomic E-state index is 11.1. The summed E-state index contributed by atoms with van der Waals surface area (Å²) in [6, 6.07) is 0. The van der Waals surface area contributed by atoms with Gasteiger partial charge in [-0.2, -0.15) is 0 Å². The smallest absolute Gasteiger partial charge is 0.298 e. The molecule has 13 heavy (non-hydrogen) atoms. The molecule has 1 aliphatic rings. The van der Waals surface area contributed by atoms with Gasteiger partial charge < -0.3 is 15.0 Å². The molecule has 1 unspecified atom stereocenters. The van der Waals surface area contributed by atoms with Crippen molar-refractivity contribution in [3.63, 3.8) is 0 Å². The zero-order valence-electron chi connectivity index (χ0n) is 7.75. The lowest BCUT2D eigenvalue weighted by Gasteiger charge is -2.31. The van der Waals surface area contributed by atoms with Crippen LogP contribution in [0.3, 0.4) is 0 Å². The third kappa shape index (κ3) is 2.72. The van der Waals surface area contributed by atoms with Gasteiger partial charge in [0.2, 0.25) is 0 Å². The highest BCUT2D eigenvalue weighted by atomic mass is 16.5. The number of hydrogen-bond acceptors (Lipinski definition) is 3. The van der Waals surface area contributed by atoms with Gasteiger partial charge in [0.1, 0.15) is 0 Å². The topological polar surface area (TPSA) is 41.6 Å². The Labute approximate surface area is 78.2 Å². The summed E-state index contributed by atoms with van der Waals surface area (Å²) in [5.74, 6) is 1.86. The van der Waals surface area contributed by atoms with Crippen LogP contribution in [-0.2, 0) is 9.53 Å². The van der Waals surface area contributed by atoms with E-state index < -0.39 is 0 Å². The molecule has 0 spiro atoms. The van der Waals surface area contributed by atoms with Gasteiger partial charge in [-0.3, -0.25) is 4.79 Å². The maximum Gasteiger partial charge on any atom is 0.298 e. The first kappa shape index (κ1) is 10.0. The summed E-state index contributed by atoms with van der Waals surface area (Å²) < 4.78 is 5.42. The minimum absolute atomic E-state index is 0.0658. The molecule has 1 N–H and O–H groups in total. The standard InChI is InChI=1S/C9H14N2O2/c1-3-9(12)11-4-5-13-8(7-11)6-10-2/h1,8,10H,4-7H2,2H3. The molecule has 0 aromatic heterocycles. The number of carbonyl (C=O) groups is 1. The minimum Gasteiger partial charge on any atom is -0.373 e. The fraction of sp³-hybridized carbons (Fsp3) is 0.667. The zero-order valence-corrected chi connectivity index (χ0v) is 7.75. The van der Waals surface area contributed by atoms with Gasteiger partial charge in [-0.1, -0.05) is 0 Å². The quantitative estimate of drug-likeness (QED) is 0.561. The second-order valence-electron chi connectivity index (χ2n) is 2.95. The monoisotopic (exact) mass is 182 g/mol. The molecule has 0 bridgehead atoms. The van der Waals surface area contributed by atoms with Gasteiger partial charge in [0.25, 0.3) is 5.91 Å². The second-order valence-corrected chi connectivity index (χ2v) is 2.95. The van der Waals surface area contributed by atoms with E-state index in [1.165, 1.54) is 0 Å². The van der Waals surface area contributed by atoms with Crippen molar-refractivity contribution in [2.24, 2.45) is 0 Å². The van der Waals surface area contributed by atoms with E-state index in [0.717, 1.165) is 6.54 Å². The first-order valence-electron chi connectivity index (χ1n) is 4.29. The van der Waals surface area contributed by atoms with Crippen LogP contribution < -0.4 is 5.32 Å². The summed E-state index contributed by atoms with van der Waals surface area (Å²) in [7, 11) is 1.85. The maximum absolute atomic E-state index is 11.1. The Morgan fingerprint density at radius 2 is 2.62 bits per heavy atom. The van der Waals surface area contributed by atoms with Crippen molar-refractivity contribution in [1.82, 2.24) is 10.2 Å². The van der Waals surface area contributed by atoms with Crippen molar-refractivity contribution in [1.29, 1.82) is 0 Å². The molecule has 0 aromatic carbocycles. The molecule has 1 heterocycles. The van der Waals surface area contributed by atoms with E-state index in [4.69, 9.17) is 11.2 Å². The first-order chi connectivity index (χ1) is 6.27. The van der Waals surface area contributed by atoms with E-state index in [9.17, 15) is 4.79 Å². The van der Waals surface area contributed by atoms with Crippen LogP contribution in [0.1, 0.15) is 0 Å². The van der Waals surface area contributed by atoms with Gasteiger partial charge in [0, 0.05) is 19.6 Å². The highest BCUT2D eigenvalue weighted by Gasteiger charge is 2.22. The lowest BCUT2D eigenvalue weighted by atomic mass is 10.2. The lowest BCUT2D eigenvalue weighted by molar-refractivity contribution is -0.132. The normalized spacial score (nSPS) is 22.5. The Morgan fingerprint density at radius 3 is 3.23 bits per heavy atom. The summed E-state index contributed by atoms with van der Waals surface area (Å²) in [6.45, 7) is 2.50. The molecule has 1 aliphatic heterocycles. The number of morpholine rings is 1. The van der Waals surface area contributed by atoms with E-state index in [1.807, 2.05) is 7.05 Å². The average Bonchev–Trinajstić information content (AvgIpc) is 2.18. The van der Waals surface area contributed by atoms with Crippen LogP contribution in [0.4, 0.5) is 0 Å². The molecule has 1 rings (SSSR count). The number of carbonyl (C=O) groups excluding carboxylic acids is 1. The number of nitrogens with zero attached hydrogens (tertiary/aromatic N) is 1. The molecule has 0 radical (unpaired) electrons. The Morgan fingerprint density at radius 1 is 1.85 bits per heavy atom. The Bertz CT molecular complexity index is 220. The molecule has 72 valence electrons.